The van der Waals surface area contributed by atoms with Crippen LogP contribution >= 0.6 is 0 Å². The molecule has 1 atom stereocenters. The molecule has 0 aliphatic heterocycles. The van der Waals surface area contributed by atoms with Crippen molar-refractivity contribution in [1.82, 2.24) is 20.2 Å². The van der Waals surface area contributed by atoms with Crippen LogP contribution in [0.5, 0.6) is 0 Å². The van der Waals surface area contributed by atoms with E-state index in [1.807, 2.05) is 12.1 Å². The molecule has 0 fully saturated rings. The summed E-state index contributed by atoms with van der Waals surface area (Å²) in [5.74, 6) is 0. The molecular formula is C19H26N4O. The Labute approximate surface area is 144 Å². The highest BCUT2D eigenvalue weighted by molar-refractivity contribution is 5.74. The first-order chi connectivity index (χ1) is 11.3. The smallest absolute Gasteiger partial charge is 0.317 e. The maximum absolute atomic E-state index is 12.7. The molecule has 0 saturated carbocycles. The van der Waals surface area contributed by atoms with Gasteiger partial charge >= 0.3 is 6.03 Å². The molecule has 0 spiro atoms. The van der Waals surface area contributed by atoms with Gasteiger partial charge in [-0.1, -0.05) is 45.0 Å². The minimum Gasteiger partial charge on any atom is -0.331 e. The normalized spacial score (nSPS) is 12.5. The first-order valence-electron chi connectivity index (χ1n) is 8.11. The number of amides is 2. The van der Waals surface area contributed by atoms with Gasteiger partial charge in [-0.25, -0.2) is 4.79 Å². The average molecular weight is 326 g/mol. The van der Waals surface area contributed by atoms with Crippen LogP contribution in [0.25, 0.3) is 0 Å². The van der Waals surface area contributed by atoms with Gasteiger partial charge < -0.3 is 10.2 Å². The lowest BCUT2D eigenvalue weighted by atomic mass is 9.81. The molecule has 1 heterocycles. The topological polar surface area (TPSA) is 58.1 Å². The van der Waals surface area contributed by atoms with Gasteiger partial charge in [-0.05, 0) is 23.5 Å². The monoisotopic (exact) mass is 326 g/mol. The van der Waals surface area contributed by atoms with E-state index >= 15 is 0 Å². The van der Waals surface area contributed by atoms with E-state index in [-0.39, 0.29) is 17.5 Å². The predicted octanol–water partition coefficient (Wildman–Crippen LogP) is 3.71. The third-order valence-electron chi connectivity index (χ3n) is 4.00. The van der Waals surface area contributed by atoms with E-state index in [0.29, 0.717) is 6.54 Å². The fourth-order valence-corrected chi connectivity index (χ4v) is 2.63. The number of nitrogens with zero attached hydrogens (tertiary/aromatic N) is 3. The molecule has 1 N–H and O–H groups in total. The van der Waals surface area contributed by atoms with Crippen molar-refractivity contribution in [1.29, 1.82) is 0 Å². The lowest BCUT2D eigenvalue weighted by Crippen LogP contribution is -2.43. The van der Waals surface area contributed by atoms with Gasteiger partial charge in [0.25, 0.3) is 0 Å². The lowest BCUT2D eigenvalue weighted by molar-refractivity contribution is 0.186. The molecule has 0 unspecified atom stereocenters. The summed E-state index contributed by atoms with van der Waals surface area (Å²) in [5, 5.41) is 3.17. The van der Waals surface area contributed by atoms with Crippen LogP contribution in [0.15, 0.2) is 42.9 Å². The van der Waals surface area contributed by atoms with E-state index in [1.165, 1.54) is 5.56 Å². The number of carbonyl (C=O) groups excluding carboxylic acids is 1. The maximum Gasteiger partial charge on any atom is 0.317 e. The summed E-state index contributed by atoms with van der Waals surface area (Å²) in [7, 11) is 1.77. The molecule has 0 saturated heterocycles. The van der Waals surface area contributed by atoms with Gasteiger partial charge in [0.15, 0.2) is 0 Å². The second-order valence-corrected chi connectivity index (χ2v) is 7.16. The van der Waals surface area contributed by atoms with Gasteiger partial charge in [-0.15, -0.1) is 0 Å². The quantitative estimate of drug-likeness (QED) is 0.931. The number of nitrogens with one attached hydrogen (secondary N) is 1. The molecule has 2 rings (SSSR count). The summed E-state index contributed by atoms with van der Waals surface area (Å²) < 4.78 is 0. The number of carbonyl (C=O) groups is 1. The van der Waals surface area contributed by atoms with Crippen LogP contribution in [-0.4, -0.2) is 27.9 Å². The Hall–Kier alpha value is -2.43. The lowest BCUT2D eigenvalue weighted by Gasteiger charge is -2.34. The van der Waals surface area contributed by atoms with Crippen LogP contribution in [0.3, 0.4) is 0 Å². The van der Waals surface area contributed by atoms with E-state index in [0.717, 1.165) is 11.3 Å². The third-order valence-corrected chi connectivity index (χ3v) is 4.00. The zero-order valence-corrected chi connectivity index (χ0v) is 15.1. The standard InChI is InChI=1S/C19H26N4O/c1-14-8-6-7-9-16(14)17(19(2,3)4)22-18(24)23(5)13-15-12-20-10-11-21-15/h6-12,17H,13H2,1-5H3,(H,22,24)/t17-/m1/s1. The molecule has 128 valence electrons. The zero-order valence-electron chi connectivity index (χ0n) is 15.1. The number of aromatic nitrogens is 2. The first-order valence-corrected chi connectivity index (χ1v) is 8.11. The molecule has 5 nitrogen and oxygen atoms in total. The van der Waals surface area contributed by atoms with Crippen molar-refractivity contribution < 1.29 is 4.79 Å². The number of benzene rings is 1. The molecule has 2 amide bonds. The summed E-state index contributed by atoms with van der Waals surface area (Å²) in [6.45, 7) is 8.89. The van der Waals surface area contributed by atoms with Crippen molar-refractivity contribution in [3.8, 4) is 0 Å². The fourth-order valence-electron chi connectivity index (χ4n) is 2.63. The maximum atomic E-state index is 12.7. The summed E-state index contributed by atoms with van der Waals surface area (Å²) >= 11 is 0. The Morgan fingerprint density at radius 1 is 1.25 bits per heavy atom. The van der Waals surface area contributed by atoms with Crippen molar-refractivity contribution in [2.24, 2.45) is 5.41 Å². The summed E-state index contributed by atoms with van der Waals surface area (Å²) in [4.78, 5) is 22.5. The molecule has 24 heavy (non-hydrogen) atoms. The van der Waals surface area contributed by atoms with Crippen molar-refractivity contribution in [2.75, 3.05) is 7.05 Å². The van der Waals surface area contributed by atoms with Crippen LogP contribution < -0.4 is 5.32 Å². The van der Waals surface area contributed by atoms with Crippen LogP contribution in [0.2, 0.25) is 0 Å². The summed E-state index contributed by atoms with van der Waals surface area (Å²) in [6.07, 6.45) is 4.93. The molecule has 0 radical (unpaired) electrons. The number of aryl methyl sites for hydroxylation is 1. The number of rotatable bonds is 4. The molecule has 0 aliphatic rings. The van der Waals surface area contributed by atoms with E-state index in [2.05, 4.69) is 55.1 Å². The van der Waals surface area contributed by atoms with Crippen molar-refractivity contribution in [3.05, 3.63) is 59.7 Å². The van der Waals surface area contributed by atoms with Crippen molar-refractivity contribution >= 4 is 6.03 Å². The van der Waals surface area contributed by atoms with Gasteiger partial charge in [0.2, 0.25) is 0 Å². The van der Waals surface area contributed by atoms with Crippen LogP contribution in [-0.2, 0) is 6.54 Å². The molecule has 0 bridgehead atoms. The van der Waals surface area contributed by atoms with Crippen LogP contribution in [0, 0.1) is 12.3 Å². The van der Waals surface area contributed by atoms with Crippen LogP contribution in [0.4, 0.5) is 4.79 Å². The summed E-state index contributed by atoms with van der Waals surface area (Å²) in [5.41, 5.74) is 2.98. The van der Waals surface area contributed by atoms with Gasteiger partial charge in [-0.2, -0.15) is 0 Å². The number of hydrogen-bond acceptors (Lipinski definition) is 3. The highest BCUT2D eigenvalue weighted by Crippen LogP contribution is 2.34. The second-order valence-electron chi connectivity index (χ2n) is 7.16. The van der Waals surface area contributed by atoms with E-state index in [4.69, 9.17) is 0 Å². The van der Waals surface area contributed by atoms with Gasteiger partial charge in [0.05, 0.1) is 24.5 Å². The van der Waals surface area contributed by atoms with Gasteiger partial charge in [0, 0.05) is 19.4 Å². The van der Waals surface area contributed by atoms with E-state index in [9.17, 15) is 4.79 Å². The largest absolute Gasteiger partial charge is 0.331 e. The molecule has 1 aromatic carbocycles. The Morgan fingerprint density at radius 2 is 1.96 bits per heavy atom. The Morgan fingerprint density at radius 3 is 2.54 bits per heavy atom. The minimum atomic E-state index is -0.121. The number of hydrogen-bond donors (Lipinski definition) is 1. The minimum absolute atomic E-state index is 0.0736. The highest BCUT2D eigenvalue weighted by Gasteiger charge is 2.29. The van der Waals surface area contributed by atoms with E-state index in [1.54, 1.807) is 30.5 Å². The fraction of sp³-hybridized carbons (Fsp3) is 0.421. The molecule has 0 aliphatic carbocycles. The predicted molar refractivity (Wildman–Crippen MR) is 95.4 cm³/mol. The molecule has 5 heteroatoms. The highest BCUT2D eigenvalue weighted by atomic mass is 16.2. The number of urea groups is 1. The van der Waals surface area contributed by atoms with Crippen molar-refractivity contribution in [2.45, 2.75) is 40.3 Å². The second kappa shape index (κ2) is 7.43. The first kappa shape index (κ1) is 17.9. The SMILES string of the molecule is Cc1ccccc1[C@@H](NC(=O)N(C)Cc1cnccn1)C(C)(C)C. The molecule has 1 aromatic heterocycles. The summed E-state index contributed by atoms with van der Waals surface area (Å²) in [6, 6.07) is 7.98. The third kappa shape index (κ3) is 4.54. The Balaban J connectivity index is 2.15. The Bertz CT molecular complexity index is 679. The van der Waals surface area contributed by atoms with E-state index < -0.39 is 0 Å². The average Bonchev–Trinajstić information content (AvgIpc) is 2.53. The Kier molecular flexibility index (Phi) is 5.54. The zero-order chi connectivity index (χ0) is 17.7. The van der Waals surface area contributed by atoms with Crippen LogP contribution in [0.1, 0.15) is 43.6 Å². The molecular weight excluding hydrogens is 300 g/mol. The van der Waals surface area contributed by atoms with Gasteiger partial charge in [0.1, 0.15) is 0 Å². The van der Waals surface area contributed by atoms with Gasteiger partial charge in [-0.3, -0.25) is 9.97 Å². The van der Waals surface area contributed by atoms with Crippen molar-refractivity contribution in [3.63, 3.8) is 0 Å². The molecule has 2 aromatic rings.